The monoisotopic (exact) mass is 295 g/mol. The Morgan fingerprint density at radius 2 is 2.19 bits per heavy atom. The molecule has 1 aliphatic carbocycles. The fraction of sp³-hybridized carbons (Fsp3) is 0.467. The van der Waals surface area contributed by atoms with Gasteiger partial charge in [-0.1, -0.05) is 12.5 Å². The van der Waals surface area contributed by atoms with Gasteiger partial charge in [0.05, 0.1) is 5.92 Å². The van der Waals surface area contributed by atoms with Crippen molar-refractivity contribution in [2.24, 2.45) is 5.92 Å². The number of nitrogens with one attached hydrogen (secondary N) is 1. The average Bonchev–Trinajstić information content (AvgIpc) is 2.87. The van der Waals surface area contributed by atoms with E-state index in [4.69, 9.17) is 9.84 Å². The largest absolute Gasteiger partial charge is 0.481 e. The van der Waals surface area contributed by atoms with Crippen LogP contribution >= 0.6 is 0 Å². The zero-order valence-electron chi connectivity index (χ0n) is 11.7. The van der Waals surface area contributed by atoms with Crippen LogP contribution in [-0.2, 0) is 9.59 Å². The van der Waals surface area contributed by atoms with Gasteiger partial charge in [0.2, 0.25) is 0 Å². The molecule has 1 aromatic carbocycles. The first-order valence-electron chi connectivity index (χ1n) is 6.93. The number of amides is 1. The predicted molar refractivity (Wildman–Crippen MR) is 73.4 cm³/mol. The Morgan fingerprint density at radius 3 is 2.86 bits per heavy atom. The predicted octanol–water partition coefficient (Wildman–Crippen LogP) is 1.96. The molecule has 3 atom stereocenters. The van der Waals surface area contributed by atoms with E-state index in [0.29, 0.717) is 12.8 Å². The van der Waals surface area contributed by atoms with E-state index in [1.165, 1.54) is 18.2 Å². The maximum atomic E-state index is 13.0. The Balaban J connectivity index is 1.92. The Bertz CT molecular complexity index is 534. The van der Waals surface area contributed by atoms with Crippen molar-refractivity contribution in [3.8, 4) is 5.75 Å². The molecule has 1 aromatic rings. The number of ether oxygens (including phenoxy) is 1. The third-order valence-corrected chi connectivity index (χ3v) is 3.64. The minimum Gasteiger partial charge on any atom is -0.481 e. The number of aliphatic carboxylic acids is 1. The molecule has 1 unspecified atom stereocenters. The highest BCUT2D eigenvalue weighted by molar-refractivity contribution is 5.82. The number of carboxylic acid groups (broad SMARTS) is 1. The fourth-order valence-electron chi connectivity index (χ4n) is 2.53. The number of rotatable bonds is 5. The highest BCUT2D eigenvalue weighted by atomic mass is 19.1. The molecule has 1 fully saturated rings. The topological polar surface area (TPSA) is 75.6 Å². The summed E-state index contributed by atoms with van der Waals surface area (Å²) in [5, 5.41) is 11.8. The lowest BCUT2D eigenvalue weighted by atomic mass is 10.0. The van der Waals surface area contributed by atoms with Gasteiger partial charge in [0.15, 0.2) is 6.10 Å². The van der Waals surface area contributed by atoms with Crippen molar-refractivity contribution in [1.29, 1.82) is 0 Å². The van der Waals surface area contributed by atoms with Gasteiger partial charge in [-0.15, -0.1) is 0 Å². The van der Waals surface area contributed by atoms with Crippen molar-refractivity contribution in [2.45, 2.75) is 38.3 Å². The fourth-order valence-corrected chi connectivity index (χ4v) is 2.53. The van der Waals surface area contributed by atoms with Crippen molar-refractivity contribution in [1.82, 2.24) is 5.32 Å². The lowest BCUT2D eigenvalue weighted by molar-refractivity contribution is -0.142. The molecule has 0 radical (unpaired) electrons. The van der Waals surface area contributed by atoms with Gasteiger partial charge in [0.1, 0.15) is 11.6 Å². The van der Waals surface area contributed by atoms with E-state index in [0.717, 1.165) is 6.42 Å². The van der Waals surface area contributed by atoms with Gasteiger partial charge >= 0.3 is 5.97 Å². The summed E-state index contributed by atoms with van der Waals surface area (Å²) in [5.74, 6) is -2.01. The number of halogens is 1. The van der Waals surface area contributed by atoms with Crippen LogP contribution in [0, 0.1) is 11.7 Å². The van der Waals surface area contributed by atoms with Gasteiger partial charge < -0.3 is 15.2 Å². The molecule has 5 nitrogen and oxygen atoms in total. The zero-order valence-corrected chi connectivity index (χ0v) is 11.7. The Morgan fingerprint density at radius 1 is 1.43 bits per heavy atom. The summed E-state index contributed by atoms with van der Waals surface area (Å²) in [6.45, 7) is 1.55. The highest BCUT2D eigenvalue weighted by Gasteiger charge is 2.34. The van der Waals surface area contributed by atoms with Crippen LogP contribution in [0.3, 0.4) is 0 Å². The van der Waals surface area contributed by atoms with Crippen LogP contribution < -0.4 is 10.1 Å². The summed E-state index contributed by atoms with van der Waals surface area (Å²) < 4.78 is 18.4. The molecule has 0 aliphatic heterocycles. The number of carbonyl (C=O) groups is 2. The summed E-state index contributed by atoms with van der Waals surface area (Å²) in [4.78, 5) is 23.1. The molecule has 0 saturated heterocycles. The van der Waals surface area contributed by atoms with Gasteiger partial charge in [-0.3, -0.25) is 9.59 Å². The van der Waals surface area contributed by atoms with E-state index in [1.54, 1.807) is 13.0 Å². The number of benzene rings is 1. The normalized spacial score (nSPS) is 22.6. The molecule has 21 heavy (non-hydrogen) atoms. The van der Waals surface area contributed by atoms with Crippen molar-refractivity contribution in [3.63, 3.8) is 0 Å². The molecule has 1 saturated carbocycles. The van der Waals surface area contributed by atoms with Crippen molar-refractivity contribution in [2.75, 3.05) is 0 Å². The van der Waals surface area contributed by atoms with Crippen LogP contribution in [0.5, 0.6) is 5.75 Å². The van der Waals surface area contributed by atoms with Crippen LogP contribution in [0.2, 0.25) is 0 Å². The van der Waals surface area contributed by atoms with Crippen LogP contribution in [0.15, 0.2) is 24.3 Å². The van der Waals surface area contributed by atoms with Crippen LogP contribution in [-0.4, -0.2) is 29.1 Å². The third-order valence-electron chi connectivity index (χ3n) is 3.64. The quantitative estimate of drug-likeness (QED) is 0.870. The molecule has 0 aromatic heterocycles. The van der Waals surface area contributed by atoms with E-state index in [1.807, 2.05) is 0 Å². The number of carbonyl (C=O) groups excluding carboxylic acids is 1. The summed E-state index contributed by atoms with van der Waals surface area (Å²) in [5.41, 5.74) is 0. The molecule has 0 heterocycles. The van der Waals surface area contributed by atoms with Gasteiger partial charge in [-0.05, 0) is 31.9 Å². The van der Waals surface area contributed by atoms with E-state index < -0.39 is 29.7 Å². The number of hydrogen-bond acceptors (Lipinski definition) is 3. The zero-order chi connectivity index (χ0) is 15.4. The first-order chi connectivity index (χ1) is 9.97. The van der Waals surface area contributed by atoms with E-state index in [9.17, 15) is 14.0 Å². The summed E-state index contributed by atoms with van der Waals surface area (Å²) in [6, 6.07) is 5.16. The summed E-state index contributed by atoms with van der Waals surface area (Å²) >= 11 is 0. The second-order valence-electron chi connectivity index (χ2n) is 5.21. The van der Waals surface area contributed by atoms with Crippen LogP contribution in [0.25, 0.3) is 0 Å². The second kappa shape index (κ2) is 6.56. The Labute approximate surface area is 122 Å². The summed E-state index contributed by atoms with van der Waals surface area (Å²) in [6.07, 6.45) is 1.18. The van der Waals surface area contributed by atoms with Gasteiger partial charge in [-0.25, -0.2) is 4.39 Å². The minimum absolute atomic E-state index is 0.263. The number of carboxylic acids is 1. The first kappa shape index (κ1) is 15.3. The van der Waals surface area contributed by atoms with Gasteiger partial charge in [-0.2, -0.15) is 0 Å². The van der Waals surface area contributed by atoms with E-state index >= 15 is 0 Å². The molecule has 1 aliphatic rings. The SMILES string of the molecule is CC(Oc1cccc(F)c1)C(=O)N[C@@H]1CCC[C@@H]1C(=O)O. The van der Waals surface area contributed by atoms with Crippen molar-refractivity contribution < 1.29 is 23.8 Å². The average molecular weight is 295 g/mol. The summed E-state index contributed by atoms with van der Waals surface area (Å²) in [7, 11) is 0. The maximum Gasteiger partial charge on any atom is 0.308 e. The molecular formula is C15H18FNO4. The van der Waals surface area contributed by atoms with Crippen LogP contribution in [0.1, 0.15) is 26.2 Å². The molecule has 6 heteroatoms. The van der Waals surface area contributed by atoms with Crippen molar-refractivity contribution >= 4 is 11.9 Å². The lowest BCUT2D eigenvalue weighted by Gasteiger charge is -2.21. The third kappa shape index (κ3) is 3.93. The molecule has 0 spiro atoms. The molecule has 0 bridgehead atoms. The highest BCUT2D eigenvalue weighted by Crippen LogP contribution is 2.26. The smallest absolute Gasteiger partial charge is 0.308 e. The van der Waals surface area contributed by atoms with Crippen molar-refractivity contribution in [3.05, 3.63) is 30.1 Å². The lowest BCUT2D eigenvalue weighted by Crippen LogP contribution is -2.45. The Kier molecular flexibility index (Phi) is 4.77. The van der Waals surface area contributed by atoms with E-state index in [-0.39, 0.29) is 11.8 Å². The molecule has 2 rings (SSSR count). The Hall–Kier alpha value is -2.11. The van der Waals surface area contributed by atoms with E-state index in [2.05, 4.69) is 5.32 Å². The molecule has 114 valence electrons. The molecule has 2 N–H and O–H groups in total. The first-order valence-corrected chi connectivity index (χ1v) is 6.93. The van der Waals surface area contributed by atoms with Gasteiger partial charge in [0, 0.05) is 12.1 Å². The molecular weight excluding hydrogens is 277 g/mol. The molecule has 1 amide bonds. The second-order valence-corrected chi connectivity index (χ2v) is 5.21. The maximum absolute atomic E-state index is 13.0. The minimum atomic E-state index is -0.892. The number of hydrogen-bond donors (Lipinski definition) is 2. The standard InChI is InChI=1S/C15H18FNO4/c1-9(21-11-5-2-4-10(16)8-11)14(18)17-13-7-3-6-12(13)15(19)20/h2,4-5,8-9,12-13H,3,6-7H2,1H3,(H,17,18)(H,19,20)/t9?,12-,13+/m0/s1. The van der Waals surface area contributed by atoms with Gasteiger partial charge in [0.25, 0.3) is 5.91 Å². The van der Waals surface area contributed by atoms with Crippen LogP contribution in [0.4, 0.5) is 4.39 Å².